The molecule has 0 saturated heterocycles. The second kappa shape index (κ2) is 5.66. The molecule has 88 valence electrons. The van der Waals surface area contributed by atoms with E-state index in [0.29, 0.717) is 18.6 Å². The number of carboxylic acids is 1. The van der Waals surface area contributed by atoms with Gasteiger partial charge in [0.25, 0.3) is 0 Å². The van der Waals surface area contributed by atoms with E-state index >= 15 is 0 Å². The minimum Gasteiger partial charge on any atom is -0.479 e. The number of carbonyl (C=O) groups is 1. The highest BCUT2D eigenvalue weighted by atomic mass is 16.5. The van der Waals surface area contributed by atoms with Crippen molar-refractivity contribution in [2.45, 2.75) is 32.3 Å². The Morgan fingerprint density at radius 2 is 1.94 bits per heavy atom. The molecule has 1 rings (SSSR count). The first-order valence-corrected chi connectivity index (χ1v) is 5.60. The second-order valence-electron chi connectivity index (χ2n) is 3.70. The lowest BCUT2D eigenvalue weighted by molar-refractivity contribution is -0.168. The fourth-order valence-corrected chi connectivity index (χ4v) is 1.71. The molecular weight excluding hydrogens is 204 g/mol. The van der Waals surface area contributed by atoms with Crippen LogP contribution in [0.3, 0.4) is 0 Å². The Labute approximate surface area is 96.1 Å². The molecule has 3 heteroatoms. The van der Waals surface area contributed by atoms with Gasteiger partial charge in [-0.15, -0.1) is 0 Å². The molecule has 0 fully saturated rings. The second-order valence-corrected chi connectivity index (χ2v) is 3.70. The van der Waals surface area contributed by atoms with E-state index in [9.17, 15) is 9.90 Å². The average molecular weight is 222 g/mol. The van der Waals surface area contributed by atoms with Crippen molar-refractivity contribution >= 4 is 5.97 Å². The maximum atomic E-state index is 11.4. The summed E-state index contributed by atoms with van der Waals surface area (Å²) < 4.78 is 5.58. The van der Waals surface area contributed by atoms with E-state index < -0.39 is 11.6 Å². The van der Waals surface area contributed by atoms with Crippen molar-refractivity contribution in [1.29, 1.82) is 0 Å². The van der Waals surface area contributed by atoms with Crippen molar-refractivity contribution in [2.75, 3.05) is 6.61 Å². The van der Waals surface area contributed by atoms with E-state index in [1.54, 1.807) is 12.1 Å². The molecule has 1 atom stereocenters. The molecule has 1 unspecified atom stereocenters. The van der Waals surface area contributed by atoms with Crippen molar-refractivity contribution in [3.63, 3.8) is 0 Å². The Morgan fingerprint density at radius 1 is 1.31 bits per heavy atom. The van der Waals surface area contributed by atoms with Crippen LogP contribution in [0.5, 0.6) is 0 Å². The van der Waals surface area contributed by atoms with Crippen LogP contribution in [-0.2, 0) is 15.1 Å². The summed E-state index contributed by atoms with van der Waals surface area (Å²) in [5, 5.41) is 9.38. The highest BCUT2D eigenvalue weighted by molar-refractivity contribution is 5.79. The summed E-state index contributed by atoms with van der Waals surface area (Å²) in [5.74, 6) is -0.922. The van der Waals surface area contributed by atoms with Crippen molar-refractivity contribution in [3.8, 4) is 0 Å². The summed E-state index contributed by atoms with van der Waals surface area (Å²) in [4.78, 5) is 11.4. The number of benzene rings is 1. The van der Waals surface area contributed by atoms with Gasteiger partial charge < -0.3 is 9.84 Å². The number of hydrogen-bond donors (Lipinski definition) is 1. The average Bonchev–Trinajstić information content (AvgIpc) is 2.31. The molecule has 16 heavy (non-hydrogen) atoms. The van der Waals surface area contributed by atoms with Gasteiger partial charge in [-0.1, -0.05) is 44.2 Å². The quantitative estimate of drug-likeness (QED) is 0.805. The topological polar surface area (TPSA) is 46.5 Å². The van der Waals surface area contributed by atoms with E-state index in [0.717, 1.165) is 6.42 Å². The van der Waals surface area contributed by atoms with Crippen LogP contribution in [0.25, 0.3) is 0 Å². The molecular formula is C13H18O3. The van der Waals surface area contributed by atoms with Crippen LogP contribution < -0.4 is 0 Å². The molecule has 0 aliphatic heterocycles. The Morgan fingerprint density at radius 3 is 2.38 bits per heavy atom. The first kappa shape index (κ1) is 12.7. The standard InChI is InChI=1S/C13H18O3/c1-3-10-16-13(4-2,12(14)15)11-8-6-5-7-9-11/h5-9H,3-4,10H2,1-2H3,(H,14,15). The molecule has 1 aromatic rings. The van der Waals surface area contributed by atoms with E-state index in [1.165, 1.54) is 0 Å². The predicted octanol–water partition coefficient (Wildman–Crippen LogP) is 2.80. The minimum absolute atomic E-state index is 0.423. The fraction of sp³-hybridized carbons (Fsp3) is 0.462. The summed E-state index contributed by atoms with van der Waals surface area (Å²) in [6, 6.07) is 9.13. The van der Waals surface area contributed by atoms with Gasteiger partial charge in [0.15, 0.2) is 5.60 Å². The lowest BCUT2D eigenvalue weighted by Crippen LogP contribution is -2.38. The zero-order chi connectivity index (χ0) is 12.0. The van der Waals surface area contributed by atoms with E-state index in [4.69, 9.17) is 4.74 Å². The smallest absolute Gasteiger partial charge is 0.340 e. The van der Waals surface area contributed by atoms with E-state index in [1.807, 2.05) is 32.0 Å². The van der Waals surface area contributed by atoms with Gasteiger partial charge in [0.05, 0.1) is 0 Å². The molecule has 0 aliphatic rings. The van der Waals surface area contributed by atoms with Gasteiger partial charge in [0.1, 0.15) is 0 Å². The van der Waals surface area contributed by atoms with Crippen molar-refractivity contribution < 1.29 is 14.6 Å². The van der Waals surface area contributed by atoms with Crippen LogP contribution in [0.4, 0.5) is 0 Å². The number of ether oxygens (including phenoxy) is 1. The van der Waals surface area contributed by atoms with Crippen molar-refractivity contribution in [2.24, 2.45) is 0 Å². The molecule has 0 bridgehead atoms. The molecule has 0 aromatic heterocycles. The zero-order valence-corrected chi connectivity index (χ0v) is 9.77. The monoisotopic (exact) mass is 222 g/mol. The first-order chi connectivity index (χ1) is 7.67. The Bertz CT molecular complexity index is 334. The molecule has 0 saturated carbocycles. The van der Waals surface area contributed by atoms with Crippen molar-refractivity contribution in [3.05, 3.63) is 35.9 Å². The summed E-state index contributed by atoms with van der Waals surface area (Å²) in [7, 11) is 0. The summed E-state index contributed by atoms with van der Waals surface area (Å²) >= 11 is 0. The maximum absolute atomic E-state index is 11.4. The third-order valence-electron chi connectivity index (χ3n) is 2.64. The highest BCUT2D eigenvalue weighted by Crippen LogP contribution is 2.30. The lowest BCUT2D eigenvalue weighted by Gasteiger charge is -2.28. The van der Waals surface area contributed by atoms with Gasteiger partial charge in [-0.3, -0.25) is 0 Å². The molecule has 0 heterocycles. The van der Waals surface area contributed by atoms with Gasteiger partial charge in [-0.25, -0.2) is 4.79 Å². The molecule has 0 aliphatic carbocycles. The number of carboxylic acid groups (broad SMARTS) is 1. The van der Waals surface area contributed by atoms with Gasteiger partial charge in [0, 0.05) is 6.61 Å². The van der Waals surface area contributed by atoms with Gasteiger partial charge in [-0.2, -0.15) is 0 Å². The Kier molecular flexibility index (Phi) is 4.50. The van der Waals surface area contributed by atoms with Crippen LogP contribution in [-0.4, -0.2) is 17.7 Å². The molecule has 0 spiro atoms. The number of hydrogen-bond acceptors (Lipinski definition) is 2. The number of rotatable bonds is 6. The Hall–Kier alpha value is -1.35. The summed E-state index contributed by atoms with van der Waals surface area (Å²) in [6.07, 6.45) is 1.23. The van der Waals surface area contributed by atoms with Gasteiger partial charge in [0.2, 0.25) is 0 Å². The largest absolute Gasteiger partial charge is 0.479 e. The molecule has 0 amide bonds. The van der Waals surface area contributed by atoms with Gasteiger partial charge in [-0.05, 0) is 18.4 Å². The zero-order valence-electron chi connectivity index (χ0n) is 9.77. The minimum atomic E-state index is -1.20. The SMILES string of the molecule is CCCOC(CC)(C(=O)O)c1ccccc1. The third-order valence-corrected chi connectivity index (χ3v) is 2.64. The van der Waals surface area contributed by atoms with Crippen molar-refractivity contribution in [1.82, 2.24) is 0 Å². The first-order valence-electron chi connectivity index (χ1n) is 5.60. The lowest BCUT2D eigenvalue weighted by atomic mass is 9.91. The summed E-state index contributed by atoms with van der Waals surface area (Å²) in [5.41, 5.74) is -0.490. The fourth-order valence-electron chi connectivity index (χ4n) is 1.71. The van der Waals surface area contributed by atoms with E-state index in [2.05, 4.69) is 0 Å². The van der Waals surface area contributed by atoms with Crippen LogP contribution in [0.15, 0.2) is 30.3 Å². The Balaban J connectivity index is 3.07. The predicted molar refractivity (Wildman–Crippen MR) is 62.3 cm³/mol. The van der Waals surface area contributed by atoms with E-state index in [-0.39, 0.29) is 0 Å². The molecule has 0 radical (unpaired) electrons. The normalized spacial score (nSPS) is 14.4. The maximum Gasteiger partial charge on any atom is 0.340 e. The summed E-state index contributed by atoms with van der Waals surface area (Å²) in [6.45, 7) is 4.25. The third kappa shape index (κ3) is 2.42. The molecule has 3 nitrogen and oxygen atoms in total. The number of aliphatic carboxylic acids is 1. The van der Waals surface area contributed by atoms with Crippen LogP contribution in [0.2, 0.25) is 0 Å². The van der Waals surface area contributed by atoms with Crippen LogP contribution in [0.1, 0.15) is 32.3 Å². The van der Waals surface area contributed by atoms with Gasteiger partial charge >= 0.3 is 5.97 Å². The van der Waals surface area contributed by atoms with Crippen LogP contribution >= 0.6 is 0 Å². The molecule has 1 aromatic carbocycles. The molecule has 1 N–H and O–H groups in total. The highest BCUT2D eigenvalue weighted by Gasteiger charge is 2.39. The van der Waals surface area contributed by atoms with Crippen LogP contribution in [0, 0.1) is 0 Å².